The molecule has 1 aromatic rings. The molecule has 0 saturated carbocycles. The van der Waals surface area contributed by atoms with Crippen molar-refractivity contribution in [1.82, 2.24) is 5.32 Å². The number of carbonyl (C=O) groups excluding carboxylic acids is 2. The van der Waals surface area contributed by atoms with Gasteiger partial charge in [0.2, 0.25) is 5.91 Å². The number of methoxy groups -OCH3 is 1. The summed E-state index contributed by atoms with van der Waals surface area (Å²) in [6.07, 6.45) is 2.62. The fourth-order valence-corrected chi connectivity index (χ4v) is 2.23. The molecule has 0 aromatic heterocycles. The summed E-state index contributed by atoms with van der Waals surface area (Å²) in [6.45, 7) is 0.828. The Morgan fingerprint density at radius 3 is 2.91 bits per heavy atom. The van der Waals surface area contributed by atoms with E-state index in [4.69, 9.17) is 4.74 Å². The highest BCUT2D eigenvalue weighted by Crippen LogP contribution is 2.18. The molecule has 1 aliphatic heterocycles. The van der Waals surface area contributed by atoms with Crippen molar-refractivity contribution in [2.24, 2.45) is 0 Å². The maximum absolute atomic E-state index is 11.9. The van der Waals surface area contributed by atoms with E-state index >= 15 is 0 Å². The van der Waals surface area contributed by atoms with Crippen LogP contribution in [0.1, 0.15) is 19.3 Å². The maximum atomic E-state index is 11.9. The van der Waals surface area contributed by atoms with Crippen molar-refractivity contribution in [3.05, 3.63) is 24.3 Å². The number of amides is 1. The number of halogens is 1. The Balaban J connectivity index is 0.00000242. The van der Waals surface area contributed by atoms with E-state index in [0.717, 1.165) is 19.4 Å². The summed E-state index contributed by atoms with van der Waals surface area (Å²) < 4.78 is 9.78. The van der Waals surface area contributed by atoms with Crippen molar-refractivity contribution in [3.8, 4) is 5.75 Å². The van der Waals surface area contributed by atoms with E-state index < -0.39 is 5.97 Å². The first-order valence-electron chi connectivity index (χ1n) is 7.00. The average molecular weight is 329 g/mol. The lowest BCUT2D eigenvalue weighted by atomic mass is 10.1. The minimum absolute atomic E-state index is 0. The molecule has 1 amide bonds. The number of rotatable bonds is 6. The molecule has 1 saturated heterocycles. The number of hydrogen-bond acceptors (Lipinski definition) is 5. The molecule has 7 heteroatoms. The van der Waals surface area contributed by atoms with E-state index in [0.29, 0.717) is 17.9 Å². The van der Waals surface area contributed by atoms with Gasteiger partial charge in [0.1, 0.15) is 5.75 Å². The van der Waals surface area contributed by atoms with Crippen LogP contribution in [0.3, 0.4) is 0 Å². The highest BCUT2D eigenvalue weighted by Gasteiger charge is 2.17. The Bertz CT molecular complexity index is 504. The number of esters is 1. The van der Waals surface area contributed by atoms with Crippen molar-refractivity contribution < 1.29 is 19.1 Å². The molecule has 1 aromatic carbocycles. The molecule has 0 spiro atoms. The van der Waals surface area contributed by atoms with Crippen LogP contribution >= 0.6 is 12.4 Å². The van der Waals surface area contributed by atoms with Crippen LogP contribution in [-0.4, -0.2) is 38.2 Å². The van der Waals surface area contributed by atoms with Crippen LogP contribution in [0.5, 0.6) is 5.75 Å². The molecule has 0 radical (unpaired) electrons. The fraction of sp³-hybridized carbons (Fsp3) is 0.467. The predicted octanol–water partition coefficient (Wildman–Crippen LogP) is 1.74. The zero-order valence-electron chi connectivity index (χ0n) is 12.5. The Labute approximate surface area is 136 Å². The van der Waals surface area contributed by atoms with Crippen molar-refractivity contribution in [2.75, 3.05) is 25.6 Å². The third-order valence-electron chi connectivity index (χ3n) is 3.30. The molecule has 0 bridgehead atoms. The quantitative estimate of drug-likeness (QED) is 0.778. The second kappa shape index (κ2) is 9.27. The normalized spacial score (nSPS) is 16.5. The van der Waals surface area contributed by atoms with Gasteiger partial charge in [-0.3, -0.25) is 4.79 Å². The van der Waals surface area contributed by atoms with E-state index in [-0.39, 0.29) is 31.0 Å². The molecule has 1 heterocycles. The summed E-state index contributed by atoms with van der Waals surface area (Å²) >= 11 is 0. The van der Waals surface area contributed by atoms with E-state index in [2.05, 4.69) is 15.4 Å². The second-order valence-electron chi connectivity index (χ2n) is 4.94. The van der Waals surface area contributed by atoms with Crippen molar-refractivity contribution >= 4 is 30.0 Å². The lowest BCUT2D eigenvalue weighted by Crippen LogP contribution is -2.27. The Morgan fingerprint density at radius 1 is 1.41 bits per heavy atom. The first-order chi connectivity index (χ1) is 10.2. The molecule has 1 atom stereocenters. The molecule has 1 unspecified atom stereocenters. The van der Waals surface area contributed by atoms with Crippen molar-refractivity contribution in [2.45, 2.75) is 25.3 Å². The summed E-state index contributed by atoms with van der Waals surface area (Å²) in [5, 5.41) is 6.12. The van der Waals surface area contributed by atoms with Crippen LogP contribution in [0, 0.1) is 0 Å². The molecule has 2 N–H and O–H groups in total. The van der Waals surface area contributed by atoms with Crippen LogP contribution in [0.2, 0.25) is 0 Å². The maximum Gasteiger partial charge on any atom is 0.343 e. The van der Waals surface area contributed by atoms with Gasteiger partial charge in [-0.25, -0.2) is 4.79 Å². The van der Waals surface area contributed by atoms with Crippen molar-refractivity contribution in [1.29, 1.82) is 0 Å². The van der Waals surface area contributed by atoms with Crippen molar-refractivity contribution in [3.63, 3.8) is 0 Å². The number of hydrogen-bond donors (Lipinski definition) is 2. The largest absolute Gasteiger partial charge is 0.482 e. The van der Waals surface area contributed by atoms with Gasteiger partial charge >= 0.3 is 5.97 Å². The van der Waals surface area contributed by atoms with Gasteiger partial charge in [-0.15, -0.1) is 12.4 Å². The van der Waals surface area contributed by atoms with Crippen LogP contribution in [-0.2, 0) is 14.3 Å². The average Bonchev–Trinajstić information content (AvgIpc) is 2.97. The molecule has 122 valence electrons. The standard InChI is InChI=1S/C15H20N2O4.ClH/c1-20-15(19)10-21-13-6-2-4-12(8-13)17-14(18)9-11-5-3-7-16-11;/h2,4,6,8,11,16H,3,5,7,9-10H2,1H3,(H,17,18);1H. The Kier molecular flexibility index (Phi) is 7.70. The number of anilines is 1. The first kappa shape index (κ1) is 18.3. The summed E-state index contributed by atoms with van der Waals surface area (Å²) in [6, 6.07) is 7.21. The summed E-state index contributed by atoms with van der Waals surface area (Å²) in [4.78, 5) is 22.9. The molecule has 1 fully saturated rings. The highest BCUT2D eigenvalue weighted by molar-refractivity contribution is 5.91. The van der Waals surface area contributed by atoms with Crippen LogP contribution in [0.15, 0.2) is 24.3 Å². The lowest BCUT2D eigenvalue weighted by Gasteiger charge is -2.11. The molecular formula is C15H21ClN2O4. The number of benzene rings is 1. The van der Waals surface area contributed by atoms with Gasteiger partial charge < -0.3 is 20.1 Å². The zero-order valence-corrected chi connectivity index (χ0v) is 13.3. The van der Waals surface area contributed by atoms with E-state index in [9.17, 15) is 9.59 Å². The molecule has 6 nitrogen and oxygen atoms in total. The van der Waals surface area contributed by atoms with Gasteiger partial charge in [0.15, 0.2) is 6.61 Å². The summed E-state index contributed by atoms with van der Waals surface area (Å²) in [5.74, 6) is 0.0356. The van der Waals surface area contributed by atoms with Crippen LogP contribution < -0.4 is 15.4 Å². The lowest BCUT2D eigenvalue weighted by molar-refractivity contribution is -0.142. The van der Waals surface area contributed by atoms with Gasteiger partial charge in [-0.2, -0.15) is 0 Å². The SMILES string of the molecule is COC(=O)COc1cccc(NC(=O)CC2CCCN2)c1.Cl. The minimum Gasteiger partial charge on any atom is -0.482 e. The fourth-order valence-electron chi connectivity index (χ4n) is 2.23. The number of nitrogens with one attached hydrogen (secondary N) is 2. The Morgan fingerprint density at radius 2 is 2.23 bits per heavy atom. The third-order valence-corrected chi connectivity index (χ3v) is 3.30. The smallest absolute Gasteiger partial charge is 0.343 e. The molecule has 2 rings (SSSR count). The molecule has 1 aliphatic rings. The zero-order chi connectivity index (χ0) is 15.1. The van der Waals surface area contributed by atoms with Gasteiger partial charge in [0.05, 0.1) is 7.11 Å². The molecule has 22 heavy (non-hydrogen) atoms. The van der Waals surface area contributed by atoms with Gasteiger partial charge in [-0.05, 0) is 31.5 Å². The van der Waals surface area contributed by atoms with Crippen LogP contribution in [0.25, 0.3) is 0 Å². The molecular weight excluding hydrogens is 308 g/mol. The molecule has 0 aliphatic carbocycles. The summed E-state index contributed by atoms with van der Waals surface area (Å²) in [7, 11) is 1.30. The highest BCUT2D eigenvalue weighted by atomic mass is 35.5. The Hall–Kier alpha value is -1.79. The second-order valence-corrected chi connectivity index (χ2v) is 4.94. The van der Waals surface area contributed by atoms with E-state index in [1.807, 2.05) is 0 Å². The topological polar surface area (TPSA) is 76.7 Å². The monoisotopic (exact) mass is 328 g/mol. The van der Waals surface area contributed by atoms with Crippen LogP contribution in [0.4, 0.5) is 5.69 Å². The first-order valence-corrected chi connectivity index (χ1v) is 7.00. The van der Waals surface area contributed by atoms with E-state index in [1.54, 1.807) is 24.3 Å². The van der Waals surface area contributed by atoms with E-state index in [1.165, 1.54) is 7.11 Å². The van der Waals surface area contributed by atoms with Gasteiger partial charge in [0, 0.05) is 24.2 Å². The predicted molar refractivity (Wildman–Crippen MR) is 85.5 cm³/mol. The number of carbonyl (C=O) groups is 2. The van der Waals surface area contributed by atoms with Gasteiger partial charge in [0.25, 0.3) is 0 Å². The minimum atomic E-state index is -0.447. The third kappa shape index (κ3) is 5.91. The number of ether oxygens (including phenoxy) is 2. The summed E-state index contributed by atoms with van der Waals surface area (Å²) in [5.41, 5.74) is 0.653. The van der Waals surface area contributed by atoms with Gasteiger partial charge in [-0.1, -0.05) is 6.07 Å².